The average molecular weight is 240 g/mol. The normalized spacial score (nSPS) is 35.3. The van der Waals surface area contributed by atoms with Crippen molar-refractivity contribution in [1.29, 1.82) is 0 Å². The van der Waals surface area contributed by atoms with E-state index in [1.165, 1.54) is 32.5 Å². The monoisotopic (exact) mass is 240 g/mol. The Labute approximate surface area is 106 Å². The van der Waals surface area contributed by atoms with Crippen molar-refractivity contribution >= 4 is 0 Å². The summed E-state index contributed by atoms with van der Waals surface area (Å²) in [4.78, 5) is 5.06. The van der Waals surface area contributed by atoms with E-state index in [0.717, 1.165) is 19.5 Å². The Bertz CT molecular complexity index is 247. The highest BCUT2D eigenvalue weighted by atomic mass is 16.3. The minimum absolute atomic E-state index is 0.116. The molecule has 3 nitrogen and oxygen atoms in total. The SMILES string of the molecule is CCCN1CCN(C2CCC(C)(C)C2O)CC1. The van der Waals surface area contributed by atoms with Crippen molar-refractivity contribution in [2.24, 2.45) is 5.41 Å². The summed E-state index contributed by atoms with van der Waals surface area (Å²) < 4.78 is 0. The first-order chi connectivity index (χ1) is 8.04. The predicted octanol–water partition coefficient (Wildman–Crippen LogP) is 1.56. The van der Waals surface area contributed by atoms with Crippen molar-refractivity contribution in [3.63, 3.8) is 0 Å². The second kappa shape index (κ2) is 5.25. The molecule has 0 radical (unpaired) electrons. The lowest BCUT2D eigenvalue weighted by atomic mass is 9.88. The molecule has 2 atom stereocenters. The standard InChI is InChI=1S/C14H28N2O/c1-4-7-15-8-10-16(11-9-15)12-5-6-14(2,3)13(12)17/h12-13,17H,4-11H2,1-3H3. The third-order valence-electron chi connectivity index (χ3n) is 4.67. The van der Waals surface area contributed by atoms with E-state index in [2.05, 4.69) is 30.6 Å². The molecule has 3 heteroatoms. The van der Waals surface area contributed by atoms with Crippen LogP contribution in [0.1, 0.15) is 40.0 Å². The molecule has 0 bridgehead atoms. The summed E-state index contributed by atoms with van der Waals surface area (Å²) in [5.74, 6) is 0. The van der Waals surface area contributed by atoms with Crippen molar-refractivity contribution in [2.75, 3.05) is 32.7 Å². The fraction of sp³-hybridized carbons (Fsp3) is 1.00. The second-order valence-electron chi connectivity index (χ2n) is 6.42. The molecule has 17 heavy (non-hydrogen) atoms. The van der Waals surface area contributed by atoms with Gasteiger partial charge < -0.3 is 10.0 Å². The van der Waals surface area contributed by atoms with E-state index >= 15 is 0 Å². The zero-order valence-corrected chi connectivity index (χ0v) is 11.7. The fourth-order valence-corrected chi connectivity index (χ4v) is 3.36. The molecule has 0 aromatic heterocycles. The van der Waals surface area contributed by atoms with Crippen LogP contribution in [-0.2, 0) is 0 Å². The zero-order valence-electron chi connectivity index (χ0n) is 11.7. The maximum absolute atomic E-state index is 10.4. The lowest BCUT2D eigenvalue weighted by Gasteiger charge is -2.40. The molecule has 1 heterocycles. The molecular weight excluding hydrogens is 212 g/mol. The van der Waals surface area contributed by atoms with Crippen molar-refractivity contribution in [3.8, 4) is 0 Å². The molecule has 2 fully saturated rings. The molecule has 0 amide bonds. The van der Waals surface area contributed by atoms with Crippen LogP contribution in [0.2, 0.25) is 0 Å². The quantitative estimate of drug-likeness (QED) is 0.811. The van der Waals surface area contributed by atoms with Gasteiger partial charge in [-0.2, -0.15) is 0 Å². The van der Waals surface area contributed by atoms with Gasteiger partial charge >= 0.3 is 0 Å². The number of piperazine rings is 1. The van der Waals surface area contributed by atoms with E-state index in [4.69, 9.17) is 0 Å². The Hall–Kier alpha value is -0.120. The molecule has 1 N–H and O–H groups in total. The average Bonchev–Trinajstić information content (AvgIpc) is 2.56. The van der Waals surface area contributed by atoms with Crippen LogP contribution >= 0.6 is 0 Å². The summed E-state index contributed by atoms with van der Waals surface area (Å²) in [5.41, 5.74) is 0.116. The lowest BCUT2D eigenvalue weighted by Crippen LogP contribution is -2.53. The highest BCUT2D eigenvalue weighted by molar-refractivity contribution is 4.97. The van der Waals surface area contributed by atoms with E-state index in [0.29, 0.717) is 6.04 Å². The van der Waals surface area contributed by atoms with Crippen LogP contribution < -0.4 is 0 Å². The van der Waals surface area contributed by atoms with Gasteiger partial charge in [0.15, 0.2) is 0 Å². The number of nitrogens with zero attached hydrogens (tertiary/aromatic N) is 2. The van der Waals surface area contributed by atoms with Crippen LogP contribution in [0.4, 0.5) is 0 Å². The van der Waals surface area contributed by atoms with Gasteiger partial charge in [0.05, 0.1) is 6.10 Å². The van der Waals surface area contributed by atoms with Crippen LogP contribution in [0.5, 0.6) is 0 Å². The first-order valence-corrected chi connectivity index (χ1v) is 7.19. The molecule has 1 saturated carbocycles. The molecule has 2 rings (SSSR count). The van der Waals surface area contributed by atoms with Gasteiger partial charge in [-0.1, -0.05) is 20.8 Å². The van der Waals surface area contributed by atoms with Gasteiger partial charge in [0.2, 0.25) is 0 Å². The maximum Gasteiger partial charge on any atom is 0.0746 e. The van der Waals surface area contributed by atoms with Gasteiger partial charge in [-0.3, -0.25) is 4.90 Å². The van der Waals surface area contributed by atoms with Gasteiger partial charge in [-0.05, 0) is 31.2 Å². The summed E-state index contributed by atoms with van der Waals surface area (Å²) in [6.07, 6.45) is 3.44. The highest BCUT2D eigenvalue weighted by Gasteiger charge is 2.43. The number of hydrogen-bond donors (Lipinski definition) is 1. The zero-order chi connectivity index (χ0) is 12.5. The smallest absolute Gasteiger partial charge is 0.0746 e. The number of aliphatic hydroxyl groups excluding tert-OH is 1. The van der Waals surface area contributed by atoms with Crippen molar-refractivity contribution < 1.29 is 5.11 Å². The fourth-order valence-electron chi connectivity index (χ4n) is 3.36. The third kappa shape index (κ3) is 2.83. The molecular formula is C14H28N2O. The number of aliphatic hydroxyl groups is 1. The van der Waals surface area contributed by atoms with Crippen molar-refractivity contribution in [2.45, 2.75) is 52.2 Å². The molecule has 1 aliphatic carbocycles. The summed E-state index contributed by atoms with van der Waals surface area (Å²) in [6, 6.07) is 0.411. The topological polar surface area (TPSA) is 26.7 Å². The molecule has 1 saturated heterocycles. The number of hydrogen-bond acceptors (Lipinski definition) is 3. The Balaban J connectivity index is 1.85. The van der Waals surface area contributed by atoms with Gasteiger partial charge in [0.1, 0.15) is 0 Å². The Kier molecular flexibility index (Phi) is 4.11. The minimum Gasteiger partial charge on any atom is -0.391 e. The first kappa shape index (κ1) is 13.3. The van der Waals surface area contributed by atoms with E-state index in [9.17, 15) is 5.11 Å². The minimum atomic E-state index is -0.139. The maximum atomic E-state index is 10.4. The van der Waals surface area contributed by atoms with Gasteiger partial charge in [0.25, 0.3) is 0 Å². The highest BCUT2D eigenvalue weighted by Crippen LogP contribution is 2.39. The van der Waals surface area contributed by atoms with E-state index < -0.39 is 0 Å². The molecule has 1 aliphatic heterocycles. The van der Waals surface area contributed by atoms with Gasteiger partial charge in [-0.25, -0.2) is 0 Å². The molecule has 2 aliphatic rings. The Morgan fingerprint density at radius 2 is 1.82 bits per heavy atom. The van der Waals surface area contributed by atoms with E-state index in [-0.39, 0.29) is 11.5 Å². The largest absolute Gasteiger partial charge is 0.391 e. The summed E-state index contributed by atoms with van der Waals surface area (Å²) in [5, 5.41) is 10.4. The summed E-state index contributed by atoms with van der Waals surface area (Å²) >= 11 is 0. The molecule has 100 valence electrons. The van der Waals surface area contributed by atoms with Gasteiger partial charge in [0, 0.05) is 32.2 Å². The first-order valence-electron chi connectivity index (χ1n) is 7.19. The Morgan fingerprint density at radius 3 is 2.29 bits per heavy atom. The number of rotatable bonds is 3. The predicted molar refractivity (Wildman–Crippen MR) is 71.1 cm³/mol. The van der Waals surface area contributed by atoms with Crippen LogP contribution in [0.25, 0.3) is 0 Å². The molecule has 2 unspecified atom stereocenters. The van der Waals surface area contributed by atoms with Crippen molar-refractivity contribution in [3.05, 3.63) is 0 Å². The molecule has 0 spiro atoms. The van der Waals surface area contributed by atoms with Crippen LogP contribution in [-0.4, -0.2) is 59.8 Å². The summed E-state index contributed by atoms with van der Waals surface area (Å²) in [6.45, 7) is 12.5. The summed E-state index contributed by atoms with van der Waals surface area (Å²) in [7, 11) is 0. The molecule has 0 aromatic carbocycles. The van der Waals surface area contributed by atoms with Crippen LogP contribution in [0.15, 0.2) is 0 Å². The molecule has 0 aromatic rings. The second-order valence-corrected chi connectivity index (χ2v) is 6.42. The third-order valence-corrected chi connectivity index (χ3v) is 4.67. The van der Waals surface area contributed by atoms with E-state index in [1.807, 2.05) is 0 Å². The lowest BCUT2D eigenvalue weighted by molar-refractivity contribution is -0.00302. The van der Waals surface area contributed by atoms with Gasteiger partial charge in [-0.15, -0.1) is 0 Å². The van der Waals surface area contributed by atoms with Crippen LogP contribution in [0, 0.1) is 5.41 Å². The Morgan fingerprint density at radius 1 is 1.18 bits per heavy atom. The van der Waals surface area contributed by atoms with Crippen LogP contribution in [0.3, 0.4) is 0 Å². The van der Waals surface area contributed by atoms with E-state index in [1.54, 1.807) is 0 Å². The van der Waals surface area contributed by atoms with Crippen molar-refractivity contribution in [1.82, 2.24) is 9.80 Å².